The van der Waals surface area contributed by atoms with Crippen LogP contribution in [0.1, 0.15) is 6.92 Å². The number of aliphatic carboxylic acids is 1. The first kappa shape index (κ1) is 12.3. The fourth-order valence-electron chi connectivity index (χ4n) is 1.43. The summed E-state index contributed by atoms with van der Waals surface area (Å²) in [5.74, 6) is -1.45. The Balaban J connectivity index is 2.74. The Bertz CT molecular complexity index is 231. The summed E-state index contributed by atoms with van der Waals surface area (Å²) in [4.78, 5) is 10.6. The molecule has 0 spiro atoms. The molecule has 0 unspecified atom stereocenters. The molecule has 7 heteroatoms. The molecule has 15 heavy (non-hydrogen) atoms. The molecular formula is C8H14O7. The normalized spacial score (nSPS) is 41.5. The lowest BCUT2D eigenvalue weighted by Gasteiger charge is -2.38. The van der Waals surface area contributed by atoms with E-state index in [1.54, 1.807) is 6.92 Å². The maximum Gasteiger partial charge on any atom is 0.335 e. The highest BCUT2D eigenvalue weighted by Gasteiger charge is 2.47. The van der Waals surface area contributed by atoms with Crippen LogP contribution >= 0.6 is 0 Å². The van der Waals surface area contributed by atoms with Crippen molar-refractivity contribution in [1.82, 2.24) is 0 Å². The predicted molar refractivity (Wildman–Crippen MR) is 45.9 cm³/mol. The number of ether oxygens (including phenoxy) is 2. The third kappa shape index (κ3) is 2.44. The zero-order valence-electron chi connectivity index (χ0n) is 8.11. The monoisotopic (exact) mass is 222 g/mol. The topological polar surface area (TPSA) is 116 Å². The van der Waals surface area contributed by atoms with Gasteiger partial charge in [0.25, 0.3) is 0 Å². The first-order valence-corrected chi connectivity index (χ1v) is 4.53. The zero-order chi connectivity index (χ0) is 11.6. The van der Waals surface area contributed by atoms with Gasteiger partial charge in [-0.25, -0.2) is 4.79 Å². The second-order valence-electron chi connectivity index (χ2n) is 3.19. The van der Waals surface area contributed by atoms with Crippen molar-refractivity contribution in [3.8, 4) is 0 Å². The summed E-state index contributed by atoms with van der Waals surface area (Å²) < 4.78 is 9.54. The lowest BCUT2D eigenvalue weighted by molar-refractivity contribution is -0.288. The van der Waals surface area contributed by atoms with Crippen LogP contribution in [0.3, 0.4) is 0 Å². The SMILES string of the molecule is CCO[C@@H]1[C@@H](O)[C@H](O)[C@@H](C(=O)O)O[C@H]1O. The average molecular weight is 222 g/mol. The number of rotatable bonds is 3. The summed E-state index contributed by atoms with van der Waals surface area (Å²) in [7, 11) is 0. The van der Waals surface area contributed by atoms with E-state index in [0.29, 0.717) is 0 Å². The number of aliphatic hydroxyl groups is 3. The number of carboxylic acid groups (broad SMARTS) is 1. The van der Waals surface area contributed by atoms with Crippen molar-refractivity contribution in [2.24, 2.45) is 0 Å². The third-order valence-corrected chi connectivity index (χ3v) is 2.17. The summed E-state index contributed by atoms with van der Waals surface area (Å²) >= 11 is 0. The second kappa shape index (κ2) is 4.86. The van der Waals surface area contributed by atoms with Gasteiger partial charge in [-0.15, -0.1) is 0 Å². The van der Waals surface area contributed by atoms with Gasteiger partial charge in [-0.1, -0.05) is 0 Å². The molecule has 4 N–H and O–H groups in total. The first-order chi connectivity index (χ1) is 6.99. The van der Waals surface area contributed by atoms with Gasteiger partial charge in [-0.2, -0.15) is 0 Å². The maximum atomic E-state index is 10.6. The van der Waals surface area contributed by atoms with Crippen molar-refractivity contribution >= 4 is 5.97 Å². The molecule has 0 aromatic rings. The fourth-order valence-corrected chi connectivity index (χ4v) is 1.43. The van der Waals surface area contributed by atoms with E-state index < -0.39 is 36.7 Å². The van der Waals surface area contributed by atoms with Crippen LogP contribution in [0.2, 0.25) is 0 Å². The van der Waals surface area contributed by atoms with Crippen LogP contribution in [0.5, 0.6) is 0 Å². The first-order valence-electron chi connectivity index (χ1n) is 4.53. The highest BCUT2D eigenvalue weighted by molar-refractivity contribution is 5.73. The van der Waals surface area contributed by atoms with E-state index in [-0.39, 0.29) is 6.61 Å². The van der Waals surface area contributed by atoms with Gasteiger partial charge >= 0.3 is 5.97 Å². The predicted octanol–water partition coefficient (Wildman–Crippen LogP) is -2.08. The van der Waals surface area contributed by atoms with E-state index in [0.717, 1.165) is 0 Å². The Morgan fingerprint density at radius 1 is 1.33 bits per heavy atom. The van der Waals surface area contributed by atoms with Gasteiger partial charge in [0.1, 0.15) is 18.3 Å². The minimum absolute atomic E-state index is 0.201. The van der Waals surface area contributed by atoms with Gasteiger partial charge in [0.15, 0.2) is 12.4 Å². The quantitative estimate of drug-likeness (QED) is 0.432. The summed E-state index contributed by atoms with van der Waals surface area (Å²) in [6.07, 6.45) is -7.46. The number of aliphatic hydroxyl groups excluding tert-OH is 3. The van der Waals surface area contributed by atoms with E-state index in [9.17, 15) is 20.1 Å². The summed E-state index contributed by atoms with van der Waals surface area (Å²) in [5.41, 5.74) is 0. The molecule has 0 amide bonds. The molecule has 88 valence electrons. The highest BCUT2D eigenvalue weighted by Crippen LogP contribution is 2.22. The highest BCUT2D eigenvalue weighted by atomic mass is 16.7. The van der Waals surface area contributed by atoms with Gasteiger partial charge in [-0.05, 0) is 6.92 Å². The molecule has 1 heterocycles. The van der Waals surface area contributed by atoms with Crippen molar-refractivity contribution in [1.29, 1.82) is 0 Å². The van der Waals surface area contributed by atoms with Gasteiger partial charge in [0.2, 0.25) is 0 Å². The molecule has 7 nitrogen and oxygen atoms in total. The summed E-state index contributed by atoms with van der Waals surface area (Å²) in [6, 6.07) is 0. The third-order valence-electron chi connectivity index (χ3n) is 2.17. The molecule has 0 aliphatic carbocycles. The number of hydrogen-bond donors (Lipinski definition) is 4. The molecular weight excluding hydrogens is 208 g/mol. The van der Waals surface area contributed by atoms with Crippen molar-refractivity contribution in [3.05, 3.63) is 0 Å². The van der Waals surface area contributed by atoms with Crippen molar-refractivity contribution in [2.75, 3.05) is 6.61 Å². The molecule has 0 bridgehead atoms. The zero-order valence-corrected chi connectivity index (χ0v) is 8.11. The van der Waals surface area contributed by atoms with Crippen LogP contribution in [-0.4, -0.2) is 63.7 Å². The Morgan fingerprint density at radius 2 is 1.93 bits per heavy atom. The molecule has 5 atom stereocenters. The Hall–Kier alpha value is -0.730. The molecule has 1 saturated heterocycles. The lowest BCUT2D eigenvalue weighted by atomic mass is 9.99. The van der Waals surface area contributed by atoms with Crippen molar-refractivity contribution < 1.29 is 34.7 Å². The van der Waals surface area contributed by atoms with Crippen LogP contribution in [0.15, 0.2) is 0 Å². The van der Waals surface area contributed by atoms with E-state index >= 15 is 0 Å². The molecule has 1 aliphatic rings. The lowest BCUT2D eigenvalue weighted by Crippen LogP contribution is -2.60. The van der Waals surface area contributed by atoms with E-state index in [2.05, 4.69) is 4.74 Å². The molecule has 0 saturated carbocycles. The number of hydrogen-bond acceptors (Lipinski definition) is 6. The maximum absolute atomic E-state index is 10.6. The van der Waals surface area contributed by atoms with Crippen LogP contribution in [0.25, 0.3) is 0 Å². The average Bonchev–Trinajstić information content (AvgIpc) is 2.18. The van der Waals surface area contributed by atoms with Crippen molar-refractivity contribution in [3.63, 3.8) is 0 Å². The van der Waals surface area contributed by atoms with Gasteiger partial charge in [-0.3, -0.25) is 0 Å². The van der Waals surface area contributed by atoms with Crippen LogP contribution < -0.4 is 0 Å². The van der Waals surface area contributed by atoms with E-state index in [4.69, 9.17) is 9.84 Å². The second-order valence-corrected chi connectivity index (χ2v) is 3.19. The Kier molecular flexibility index (Phi) is 4.00. The summed E-state index contributed by atoms with van der Waals surface area (Å²) in [6.45, 7) is 1.84. The van der Waals surface area contributed by atoms with Crippen LogP contribution in [-0.2, 0) is 14.3 Å². The Morgan fingerprint density at radius 3 is 2.40 bits per heavy atom. The van der Waals surface area contributed by atoms with Crippen LogP contribution in [0, 0.1) is 0 Å². The van der Waals surface area contributed by atoms with E-state index in [1.165, 1.54) is 0 Å². The molecule has 1 rings (SSSR count). The fraction of sp³-hybridized carbons (Fsp3) is 0.875. The summed E-state index contributed by atoms with van der Waals surface area (Å²) in [5, 5.41) is 36.8. The minimum Gasteiger partial charge on any atom is -0.479 e. The van der Waals surface area contributed by atoms with Gasteiger partial charge < -0.3 is 29.9 Å². The van der Waals surface area contributed by atoms with Gasteiger partial charge in [0, 0.05) is 6.61 Å². The molecule has 1 aliphatic heterocycles. The molecule has 0 aromatic carbocycles. The Labute approximate surface area is 85.9 Å². The smallest absolute Gasteiger partial charge is 0.335 e. The van der Waals surface area contributed by atoms with E-state index in [1.807, 2.05) is 0 Å². The largest absolute Gasteiger partial charge is 0.479 e. The minimum atomic E-state index is -1.65. The van der Waals surface area contributed by atoms with Crippen molar-refractivity contribution in [2.45, 2.75) is 37.6 Å². The number of carbonyl (C=O) groups is 1. The molecule has 0 radical (unpaired) electrons. The molecule has 1 fully saturated rings. The molecule has 0 aromatic heterocycles. The van der Waals surface area contributed by atoms with Gasteiger partial charge in [0.05, 0.1) is 0 Å². The van der Waals surface area contributed by atoms with Crippen LogP contribution in [0.4, 0.5) is 0 Å². The number of carboxylic acids is 1. The standard InChI is InChI=1S/C8H14O7/c1-2-14-6-4(10)3(9)5(7(11)12)15-8(6)13/h3-6,8-10,13H,2H2,1H3,(H,11,12)/t3-,4-,5-,6+,8+/m0/s1.